The number of nitro groups is 1. The van der Waals surface area contributed by atoms with Crippen molar-refractivity contribution >= 4 is 38.9 Å². The molecule has 0 atom stereocenters. The van der Waals surface area contributed by atoms with E-state index in [2.05, 4.69) is 5.32 Å². The number of nitrogens with one attached hydrogen (secondary N) is 1. The van der Waals surface area contributed by atoms with Crippen LogP contribution in [0, 0.1) is 10.1 Å². The minimum absolute atomic E-state index is 0.00519. The SMILES string of the molecule is O=C(Cn1cc([N+](=O)[O-])ccc1=O)Nc1ccc(Cl)c(S(=O)(=O)N2CCOCC2)c1. The van der Waals surface area contributed by atoms with E-state index in [0.717, 1.165) is 22.9 Å². The Morgan fingerprint density at radius 1 is 1.23 bits per heavy atom. The van der Waals surface area contributed by atoms with E-state index in [1.807, 2.05) is 0 Å². The Morgan fingerprint density at radius 2 is 1.93 bits per heavy atom. The number of morpholine rings is 1. The molecule has 0 saturated carbocycles. The molecule has 1 aromatic carbocycles. The topological polar surface area (TPSA) is 141 Å². The molecule has 1 aliphatic heterocycles. The van der Waals surface area contributed by atoms with Crippen molar-refractivity contribution in [1.29, 1.82) is 0 Å². The lowest BCUT2D eigenvalue weighted by Gasteiger charge is -2.26. The summed E-state index contributed by atoms with van der Waals surface area (Å²) in [6.07, 6.45) is 0.956. The highest BCUT2D eigenvalue weighted by Crippen LogP contribution is 2.28. The Balaban J connectivity index is 1.80. The maximum atomic E-state index is 12.8. The molecule has 0 aliphatic carbocycles. The number of sulfonamides is 1. The number of amides is 1. The molecule has 0 spiro atoms. The summed E-state index contributed by atoms with van der Waals surface area (Å²) in [5.41, 5.74) is -0.787. The molecule has 1 saturated heterocycles. The first kappa shape index (κ1) is 21.9. The zero-order valence-corrected chi connectivity index (χ0v) is 17.1. The lowest BCUT2D eigenvalue weighted by Crippen LogP contribution is -2.40. The smallest absolute Gasteiger partial charge is 0.285 e. The second kappa shape index (κ2) is 8.92. The monoisotopic (exact) mass is 456 g/mol. The van der Waals surface area contributed by atoms with E-state index in [1.54, 1.807) is 0 Å². The molecule has 2 aromatic rings. The van der Waals surface area contributed by atoms with Crippen molar-refractivity contribution in [3.8, 4) is 0 Å². The highest BCUT2D eigenvalue weighted by Gasteiger charge is 2.28. The van der Waals surface area contributed by atoms with Gasteiger partial charge >= 0.3 is 0 Å². The number of halogens is 1. The summed E-state index contributed by atoms with van der Waals surface area (Å²) in [5, 5.41) is 13.3. The molecular weight excluding hydrogens is 440 g/mol. The van der Waals surface area contributed by atoms with Gasteiger partial charge in [0.25, 0.3) is 11.2 Å². The average Bonchev–Trinajstić information content (AvgIpc) is 2.71. The number of ether oxygens (including phenoxy) is 1. The molecule has 1 aliphatic rings. The van der Waals surface area contributed by atoms with Crippen LogP contribution in [-0.4, -0.2) is 54.4 Å². The Labute approximate surface area is 176 Å². The molecule has 0 bridgehead atoms. The lowest BCUT2D eigenvalue weighted by atomic mass is 10.3. The van der Waals surface area contributed by atoms with Gasteiger partial charge in [-0.1, -0.05) is 11.6 Å². The molecule has 160 valence electrons. The maximum Gasteiger partial charge on any atom is 0.285 e. The van der Waals surface area contributed by atoms with Crippen molar-refractivity contribution in [2.24, 2.45) is 0 Å². The normalized spacial score (nSPS) is 15.0. The quantitative estimate of drug-likeness (QED) is 0.506. The molecule has 13 heteroatoms. The van der Waals surface area contributed by atoms with Crippen LogP contribution in [0.2, 0.25) is 5.02 Å². The van der Waals surface area contributed by atoms with Crippen molar-refractivity contribution in [1.82, 2.24) is 8.87 Å². The molecule has 11 nitrogen and oxygen atoms in total. The van der Waals surface area contributed by atoms with Gasteiger partial charge in [-0.05, 0) is 18.2 Å². The second-order valence-electron chi connectivity index (χ2n) is 6.32. The van der Waals surface area contributed by atoms with Gasteiger partial charge < -0.3 is 10.1 Å². The number of hydrogen-bond acceptors (Lipinski definition) is 7. The highest BCUT2D eigenvalue weighted by atomic mass is 35.5. The lowest BCUT2D eigenvalue weighted by molar-refractivity contribution is -0.385. The minimum Gasteiger partial charge on any atom is -0.379 e. The summed E-state index contributed by atoms with van der Waals surface area (Å²) in [7, 11) is -3.89. The Morgan fingerprint density at radius 3 is 2.60 bits per heavy atom. The molecule has 1 N–H and O–H groups in total. The molecule has 0 radical (unpaired) electrons. The van der Waals surface area contributed by atoms with Crippen LogP contribution in [0.3, 0.4) is 0 Å². The van der Waals surface area contributed by atoms with E-state index in [1.165, 1.54) is 22.5 Å². The molecular formula is C17H17ClN4O7S. The van der Waals surface area contributed by atoms with E-state index < -0.39 is 33.0 Å². The number of benzene rings is 1. The fourth-order valence-electron chi connectivity index (χ4n) is 2.81. The van der Waals surface area contributed by atoms with Gasteiger partial charge in [-0.25, -0.2) is 8.42 Å². The van der Waals surface area contributed by atoms with Crippen LogP contribution in [0.25, 0.3) is 0 Å². The van der Waals surface area contributed by atoms with Gasteiger partial charge in [-0.2, -0.15) is 4.31 Å². The fourth-order valence-corrected chi connectivity index (χ4v) is 4.72. The number of hydrogen-bond donors (Lipinski definition) is 1. The number of rotatable bonds is 6. The van der Waals surface area contributed by atoms with Gasteiger partial charge in [0.15, 0.2) is 0 Å². The molecule has 1 fully saturated rings. The van der Waals surface area contributed by atoms with Crippen LogP contribution >= 0.6 is 11.6 Å². The van der Waals surface area contributed by atoms with E-state index in [4.69, 9.17) is 16.3 Å². The van der Waals surface area contributed by atoms with Crippen molar-refractivity contribution < 1.29 is 22.9 Å². The first-order valence-electron chi connectivity index (χ1n) is 8.70. The van der Waals surface area contributed by atoms with Gasteiger partial charge in [0, 0.05) is 30.9 Å². The third kappa shape index (κ3) is 4.84. The Kier molecular flexibility index (Phi) is 6.51. The highest BCUT2D eigenvalue weighted by molar-refractivity contribution is 7.89. The number of anilines is 1. The molecule has 1 aromatic heterocycles. The average molecular weight is 457 g/mol. The summed E-state index contributed by atoms with van der Waals surface area (Å²) in [6, 6.07) is 6.00. The summed E-state index contributed by atoms with van der Waals surface area (Å²) in [6.45, 7) is 0.418. The van der Waals surface area contributed by atoms with Crippen LogP contribution in [0.4, 0.5) is 11.4 Å². The first-order chi connectivity index (χ1) is 14.2. The van der Waals surface area contributed by atoms with E-state index in [-0.39, 0.29) is 47.6 Å². The minimum atomic E-state index is -3.89. The van der Waals surface area contributed by atoms with Gasteiger partial charge in [0.1, 0.15) is 11.4 Å². The van der Waals surface area contributed by atoms with Crippen molar-refractivity contribution in [3.05, 3.63) is 62.0 Å². The third-order valence-electron chi connectivity index (χ3n) is 4.30. The van der Waals surface area contributed by atoms with Gasteiger partial charge in [-0.3, -0.25) is 24.3 Å². The number of pyridine rings is 1. The van der Waals surface area contributed by atoms with Crippen LogP contribution in [0.5, 0.6) is 0 Å². The van der Waals surface area contributed by atoms with Gasteiger partial charge in [0.05, 0.1) is 29.4 Å². The van der Waals surface area contributed by atoms with Gasteiger partial charge in [0.2, 0.25) is 15.9 Å². The van der Waals surface area contributed by atoms with Crippen LogP contribution in [0.15, 0.2) is 46.2 Å². The summed E-state index contributed by atoms with van der Waals surface area (Å²) in [5.74, 6) is -0.672. The standard InChI is InChI=1S/C17H17ClN4O7S/c18-14-3-1-12(9-15(14)30(27,28)21-5-7-29-8-6-21)19-16(23)11-20-10-13(22(25)26)2-4-17(20)24/h1-4,9-10H,5-8,11H2,(H,19,23). The Bertz CT molecular complexity index is 1140. The van der Waals surface area contributed by atoms with Crippen molar-refractivity contribution in [3.63, 3.8) is 0 Å². The summed E-state index contributed by atoms with van der Waals surface area (Å²) in [4.78, 5) is 34.1. The van der Waals surface area contributed by atoms with Crippen molar-refractivity contribution in [2.75, 3.05) is 31.6 Å². The zero-order valence-electron chi connectivity index (χ0n) is 15.5. The molecule has 2 heterocycles. The van der Waals surface area contributed by atoms with Crippen LogP contribution < -0.4 is 10.9 Å². The number of carbonyl (C=O) groups is 1. The van der Waals surface area contributed by atoms with E-state index >= 15 is 0 Å². The predicted molar refractivity (Wildman–Crippen MR) is 107 cm³/mol. The van der Waals surface area contributed by atoms with Crippen LogP contribution in [-0.2, 0) is 26.1 Å². The maximum absolute atomic E-state index is 12.8. The zero-order chi connectivity index (χ0) is 21.9. The number of carbonyl (C=O) groups excluding carboxylic acids is 1. The third-order valence-corrected chi connectivity index (χ3v) is 6.68. The molecule has 0 unspecified atom stereocenters. The van der Waals surface area contributed by atoms with E-state index in [9.17, 15) is 28.1 Å². The first-order valence-corrected chi connectivity index (χ1v) is 10.5. The largest absolute Gasteiger partial charge is 0.379 e. The summed E-state index contributed by atoms with van der Waals surface area (Å²) >= 11 is 6.08. The predicted octanol–water partition coefficient (Wildman–Crippen LogP) is 1.07. The fraction of sp³-hybridized carbons (Fsp3) is 0.294. The number of aromatic nitrogens is 1. The Hall–Kier alpha value is -2.80. The molecule has 3 rings (SSSR count). The molecule has 1 amide bonds. The summed E-state index contributed by atoms with van der Waals surface area (Å²) < 4.78 is 33.0. The molecule has 30 heavy (non-hydrogen) atoms. The van der Waals surface area contributed by atoms with Crippen molar-refractivity contribution in [2.45, 2.75) is 11.4 Å². The van der Waals surface area contributed by atoms with E-state index in [0.29, 0.717) is 0 Å². The number of nitrogens with zero attached hydrogens (tertiary/aromatic N) is 3. The second-order valence-corrected chi connectivity index (χ2v) is 8.63. The van der Waals surface area contributed by atoms with Crippen LogP contribution in [0.1, 0.15) is 0 Å². The van der Waals surface area contributed by atoms with Gasteiger partial charge in [-0.15, -0.1) is 0 Å².